The maximum Gasteiger partial charge on any atom is 0.252 e. The van der Waals surface area contributed by atoms with Gasteiger partial charge < -0.3 is 15.2 Å². The van der Waals surface area contributed by atoms with Crippen LogP contribution >= 0.6 is 0 Å². The molecule has 0 aliphatic carbocycles. The van der Waals surface area contributed by atoms with E-state index in [4.69, 9.17) is 9.84 Å². The number of aliphatic hydroxyl groups excluding tert-OH is 1. The van der Waals surface area contributed by atoms with Crippen LogP contribution in [0.15, 0.2) is 24.4 Å². The summed E-state index contributed by atoms with van der Waals surface area (Å²) < 4.78 is 5.06. The molecule has 0 unspecified atom stereocenters. The van der Waals surface area contributed by atoms with E-state index >= 15 is 0 Å². The van der Waals surface area contributed by atoms with Crippen molar-refractivity contribution in [1.29, 1.82) is 0 Å². The topological polar surface area (TPSA) is 87.2 Å². The number of nitrogens with one attached hydrogen (secondary N) is 2. The van der Waals surface area contributed by atoms with E-state index in [0.29, 0.717) is 18.7 Å². The molecule has 96 valence electrons. The van der Waals surface area contributed by atoms with Crippen LogP contribution in [0.25, 0.3) is 10.9 Å². The number of aromatic amines is 1. The number of aliphatic hydroxyl groups is 1. The van der Waals surface area contributed by atoms with Gasteiger partial charge in [0.15, 0.2) is 0 Å². The first-order valence-corrected chi connectivity index (χ1v) is 5.72. The van der Waals surface area contributed by atoms with Crippen molar-refractivity contribution in [2.45, 2.75) is 0 Å². The van der Waals surface area contributed by atoms with Crippen molar-refractivity contribution < 1.29 is 14.6 Å². The number of benzene rings is 1. The number of H-pyrrole nitrogens is 1. The predicted molar refractivity (Wildman–Crippen MR) is 66.3 cm³/mol. The van der Waals surface area contributed by atoms with Crippen LogP contribution in [0.1, 0.15) is 10.4 Å². The minimum atomic E-state index is -0.158. The molecule has 0 atom stereocenters. The average molecular weight is 249 g/mol. The molecule has 2 aromatic rings. The highest BCUT2D eigenvalue weighted by molar-refractivity contribution is 6.05. The first kappa shape index (κ1) is 12.5. The number of hydrogen-bond donors (Lipinski definition) is 3. The second-order valence-electron chi connectivity index (χ2n) is 3.73. The number of carbonyl (C=O) groups is 1. The van der Waals surface area contributed by atoms with Crippen LogP contribution in [-0.4, -0.2) is 47.6 Å². The summed E-state index contributed by atoms with van der Waals surface area (Å²) >= 11 is 0. The molecular weight excluding hydrogens is 234 g/mol. The Kier molecular flexibility index (Phi) is 4.27. The van der Waals surface area contributed by atoms with E-state index in [1.54, 1.807) is 18.3 Å². The van der Waals surface area contributed by atoms with Crippen LogP contribution in [0.4, 0.5) is 0 Å². The average Bonchev–Trinajstić information content (AvgIpc) is 2.86. The van der Waals surface area contributed by atoms with Gasteiger partial charge in [0.25, 0.3) is 5.91 Å². The number of nitrogens with zero attached hydrogens (tertiary/aromatic N) is 1. The minimum absolute atomic E-state index is 0.0116. The molecule has 0 aliphatic heterocycles. The summed E-state index contributed by atoms with van der Waals surface area (Å²) in [6, 6.07) is 5.42. The fourth-order valence-electron chi connectivity index (χ4n) is 1.66. The van der Waals surface area contributed by atoms with E-state index < -0.39 is 0 Å². The van der Waals surface area contributed by atoms with Gasteiger partial charge in [0, 0.05) is 11.9 Å². The molecule has 3 N–H and O–H groups in total. The molecule has 1 heterocycles. The van der Waals surface area contributed by atoms with Crippen LogP contribution in [0.2, 0.25) is 0 Å². The molecule has 0 saturated heterocycles. The maximum absolute atomic E-state index is 11.9. The Labute approximate surface area is 104 Å². The summed E-state index contributed by atoms with van der Waals surface area (Å²) in [6.45, 7) is 1.07. The zero-order valence-electron chi connectivity index (χ0n) is 9.85. The molecule has 18 heavy (non-hydrogen) atoms. The number of aromatic nitrogens is 2. The molecule has 0 spiro atoms. The molecule has 0 saturated carbocycles. The largest absolute Gasteiger partial charge is 0.394 e. The van der Waals surface area contributed by atoms with Crippen LogP contribution in [0, 0.1) is 0 Å². The van der Waals surface area contributed by atoms with Crippen molar-refractivity contribution in [1.82, 2.24) is 15.5 Å². The van der Waals surface area contributed by atoms with E-state index in [1.165, 1.54) is 0 Å². The zero-order chi connectivity index (χ0) is 12.8. The number of fused-ring (bicyclic) bond motifs is 1. The van der Waals surface area contributed by atoms with Crippen LogP contribution in [0.5, 0.6) is 0 Å². The van der Waals surface area contributed by atoms with Gasteiger partial charge in [-0.25, -0.2) is 0 Å². The minimum Gasteiger partial charge on any atom is -0.394 e. The fourth-order valence-corrected chi connectivity index (χ4v) is 1.66. The first-order chi connectivity index (χ1) is 8.83. The second kappa shape index (κ2) is 6.13. The van der Waals surface area contributed by atoms with Crippen molar-refractivity contribution in [2.24, 2.45) is 0 Å². The number of carbonyl (C=O) groups excluding carboxylic acids is 1. The molecule has 1 aromatic carbocycles. The molecule has 6 nitrogen and oxygen atoms in total. The Morgan fingerprint density at radius 3 is 3.17 bits per heavy atom. The Morgan fingerprint density at radius 1 is 1.44 bits per heavy atom. The summed E-state index contributed by atoms with van der Waals surface area (Å²) in [6.07, 6.45) is 1.63. The first-order valence-electron chi connectivity index (χ1n) is 5.72. The summed E-state index contributed by atoms with van der Waals surface area (Å²) in [5.41, 5.74) is 1.42. The van der Waals surface area contributed by atoms with E-state index in [9.17, 15) is 4.79 Å². The third-order valence-electron chi connectivity index (χ3n) is 2.50. The van der Waals surface area contributed by atoms with Gasteiger partial charge in [0.1, 0.15) is 0 Å². The molecule has 0 bridgehead atoms. The highest BCUT2D eigenvalue weighted by Gasteiger charge is 2.09. The Balaban J connectivity index is 1.94. The molecule has 6 heteroatoms. The Morgan fingerprint density at radius 2 is 2.33 bits per heavy atom. The lowest BCUT2D eigenvalue weighted by Crippen LogP contribution is -2.27. The Bertz CT molecular complexity index is 524. The van der Waals surface area contributed by atoms with Crippen molar-refractivity contribution >= 4 is 16.8 Å². The summed E-state index contributed by atoms with van der Waals surface area (Å²) in [7, 11) is 0. The zero-order valence-corrected chi connectivity index (χ0v) is 9.85. The van der Waals surface area contributed by atoms with Crippen molar-refractivity contribution in [3.8, 4) is 0 Å². The lowest BCUT2D eigenvalue weighted by Gasteiger charge is -2.06. The van der Waals surface area contributed by atoms with E-state index in [1.807, 2.05) is 6.07 Å². The smallest absolute Gasteiger partial charge is 0.252 e. The monoisotopic (exact) mass is 249 g/mol. The molecule has 2 rings (SSSR count). The lowest BCUT2D eigenvalue weighted by molar-refractivity contribution is 0.0839. The number of amides is 1. The molecule has 1 amide bonds. The number of hydrogen-bond acceptors (Lipinski definition) is 4. The van der Waals surface area contributed by atoms with E-state index in [2.05, 4.69) is 15.5 Å². The van der Waals surface area contributed by atoms with Gasteiger partial charge in [0.2, 0.25) is 0 Å². The predicted octanol–water partition coefficient (Wildman–Crippen LogP) is 0.302. The fraction of sp³-hybridized carbons (Fsp3) is 0.333. The van der Waals surface area contributed by atoms with Crippen molar-refractivity contribution in [2.75, 3.05) is 26.4 Å². The van der Waals surface area contributed by atoms with Crippen molar-refractivity contribution in [3.05, 3.63) is 30.0 Å². The summed E-state index contributed by atoms with van der Waals surface area (Å²) in [5.74, 6) is -0.158. The van der Waals surface area contributed by atoms with Gasteiger partial charge in [-0.15, -0.1) is 0 Å². The highest BCUT2D eigenvalue weighted by Crippen LogP contribution is 2.15. The standard InChI is InChI=1S/C12H15N3O3/c16-5-7-18-6-4-13-12(17)9-2-1-3-11-10(9)8-14-15-11/h1-3,8,16H,4-7H2,(H,13,17)(H,14,15). The summed E-state index contributed by atoms with van der Waals surface area (Å²) in [5, 5.41) is 18.8. The molecule has 0 fully saturated rings. The highest BCUT2D eigenvalue weighted by atomic mass is 16.5. The number of ether oxygens (including phenoxy) is 1. The summed E-state index contributed by atoms with van der Waals surface area (Å²) in [4.78, 5) is 11.9. The molecular formula is C12H15N3O3. The van der Waals surface area contributed by atoms with E-state index in [0.717, 1.165) is 10.9 Å². The molecule has 0 aliphatic rings. The third kappa shape index (κ3) is 2.85. The van der Waals surface area contributed by atoms with Crippen molar-refractivity contribution in [3.63, 3.8) is 0 Å². The van der Waals surface area contributed by atoms with Gasteiger partial charge in [-0.1, -0.05) is 6.07 Å². The van der Waals surface area contributed by atoms with E-state index in [-0.39, 0.29) is 19.1 Å². The third-order valence-corrected chi connectivity index (χ3v) is 2.50. The molecule has 1 aromatic heterocycles. The Hall–Kier alpha value is -1.92. The SMILES string of the molecule is O=C(NCCOCCO)c1cccc2[nH]ncc12. The number of rotatable bonds is 6. The van der Waals surface area contributed by atoms with Crippen LogP contribution in [0.3, 0.4) is 0 Å². The van der Waals surface area contributed by atoms with Gasteiger partial charge in [0.05, 0.1) is 37.1 Å². The van der Waals surface area contributed by atoms with Gasteiger partial charge >= 0.3 is 0 Å². The second-order valence-corrected chi connectivity index (χ2v) is 3.73. The van der Waals surface area contributed by atoms with Crippen LogP contribution in [-0.2, 0) is 4.74 Å². The lowest BCUT2D eigenvalue weighted by atomic mass is 10.1. The quantitative estimate of drug-likeness (QED) is 0.643. The normalized spacial score (nSPS) is 10.7. The van der Waals surface area contributed by atoms with Crippen LogP contribution < -0.4 is 5.32 Å². The maximum atomic E-state index is 11.9. The van der Waals surface area contributed by atoms with Gasteiger partial charge in [-0.05, 0) is 12.1 Å². The van der Waals surface area contributed by atoms with Gasteiger partial charge in [-0.3, -0.25) is 9.89 Å². The molecule has 0 radical (unpaired) electrons. The van der Waals surface area contributed by atoms with Gasteiger partial charge in [-0.2, -0.15) is 5.10 Å².